The second kappa shape index (κ2) is 12.1. The first-order valence-electron chi connectivity index (χ1n) is 6.09. The van der Waals surface area contributed by atoms with Crippen molar-refractivity contribution < 1.29 is 41.4 Å². The van der Waals surface area contributed by atoms with E-state index in [-0.39, 0.29) is 21.7 Å². The van der Waals surface area contributed by atoms with Crippen molar-refractivity contribution >= 4 is 13.8 Å². The van der Waals surface area contributed by atoms with E-state index in [1.807, 2.05) is 0 Å². The number of hydrogen-bond acceptors (Lipinski definition) is 4. The summed E-state index contributed by atoms with van der Waals surface area (Å²) in [6.07, 6.45) is 2.98. The van der Waals surface area contributed by atoms with Gasteiger partial charge in [-0.25, -0.2) is 19.8 Å². The van der Waals surface area contributed by atoms with E-state index in [9.17, 15) is 0 Å². The molecular formula is C15H22O4PTi. The Labute approximate surface area is 143 Å². The van der Waals surface area contributed by atoms with E-state index < -0.39 is 0 Å². The van der Waals surface area contributed by atoms with Crippen molar-refractivity contribution in [3.05, 3.63) is 39.8 Å². The fourth-order valence-electron chi connectivity index (χ4n) is 2.10. The van der Waals surface area contributed by atoms with Crippen LogP contribution in [0.15, 0.2) is 17.6 Å². The zero-order chi connectivity index (χ0) is 15.7. The zero-order valence-electron chi connectivity index (χ0n) is 13.4. The standard InChI is InChI=1S/C13H16O2P.2CH3O.Ti/c1-8-7-9(2)16-13(8)10-5-6-11(14-3)12(10)15-4;2*1-2;/h6,16H,5H2,1-4H3;2*1H3;/q3*-1;+3. The van der Waals surface area contributed by atoms with Crippen molar-refractivity contribution in [1.29, 1.82) is 0 Å². The third-order valence-corrected chi connectivity index (χ3v) is 4.20. The van der Waals surface area contributed by atoms with Crippen molar-refractivity contribution in [3.8, 4) is 0 Å². The predicted octanol–water partition coefficient (Wildman–Crippen LogP) is 1.38. The van der Waals surface area contributed by atoms with Gasteiger partial charge in [0, 0.05) is 0 Å². The third-order valence-electron chi connectivity index (χ3n) is 2.78. The Morgan fingerprint density at radius 3 is 2.05 bits per heavy atom. The molecule has 1 radical (unpaired) electrons. The summed E-state index contributed by atoms with van der Waals surface area (Å²) in [5.41, 5.74) is 2.51. The van der Waals surface area contributed by atoms with Crippen LogP contribution in [0.3, 0.4) is 0 Å². The first kappa shape index (κ1) is 22.8. The molecule has 1 unspecified atom stereocenters. The van der Waals surface area contributed by atoms with Crippen LogP contribution in [-0.4, -0.2) is 28.4 Å². The predicted molar refractivity (Wildman–Crippen MR) is 79.7 cm³/mol. The van der Waals surface area contributed by atoms with Crippen LogP contribution in [0.4, 0.5) is 0 Å². The van der Waals surface area contributed by atoms with Crippen LogP contribution in [0.2, 0.25) is 0 Å². The van der Waals surface area contributed by atoms with Crippen molar-refractivity contribution in [2.45, 2.75) is 20.3 Å². The maximum Gasteiger partial charge on any atom is 3.00 e. The van der Waals surface area contributed by atoms with Gasteiger partial charge >= 0.3 is 21.7 Å². The van der Waals surface area contributed by atoms with E-state index in [2.05, 4.69) is 26.0 Å². The molecule has 1 aliphatic rings. The summed E-state index contributed by atoms with van der Waals surface area (Å²) < 4.78 is 10.7. The molecule has 0 N–H and O–H groups in total. The second-order valence-electron chi connectivity index (χ2n) is 3.86. The monoisotopic (exact) mass is 345 g/mol. The van der Waals surface area contributed by atoms with Crippen molar-refractivity contribution in [2.24, 2.45) is 0 Å². The smallest absolute Gasteiger partial charge is 0.857 e. The molecule has 0 saturated heterocycles. The molecule has 0 bridgehead atoms. The van der Waals surface area contributed by atoms with Crippen molar-refractivity contribution in [1.82, 2.24) is 0 Å². The van der Waals surface area contributed by atoms with Crippen LogP contribution in [0.25, 0.3) is 5.57 Å². The van der Waals surface area contributed by atoms with Gasteiger partial charge in [0.2, 0.25) is 0 Å². The first-order valence-corrected chi connectivity index (χ1v) is 7.09. The van der Waals surface area contributed by atoms with Gasteiger partial charge in [0.15, 0.2) is 5.76 Å². The maximum absolute atomic E-state index is 8.25. The minimum Gasteiger partial charge on any atom is -0.857 e. The normalized spacial score (nSPS) is 12.7. The van der Waals surface area contributed by atoms with Gasteiger partial charge in [0.25, 0.3) is 0 Å². The molecule has 4 nitrogen and oxygen atoms in total. The van der Waals surface area contributed by atoms with Crippen LogP contribution in [0.1, 0.15) is 22.6 Å². The quantitative estimate of drug-likeness (QED) is 0.613. The average Bonchev–Trinajstić information content (AvgIpc) is 3.05. The molecule has 0 aliphatic heterocycles. The molecule has 1 aromatic heterocycles. The van der Waals surface area contributed by atoms with Crippen LogP contribution in [0, 0.1) is 19.9 Å². The molecule has 0 aromatic carbocycles. The number of ether oxygens (including phenoxy) is 2. The van der Waals surface area contributed by atoms with Gasteiger partial charge in [0.1, 0.15) is 5.76 Å². The molecule has 1 aromatic rings. The molecule has 0 spiro atoms. The molecule has 0 fully saturated rings. The van der Waals surface area contributed by atoms with Crippen LogP contribution < -0.4 is 10.2 Å². The minimum atomic E-state index is 0. The molecule has 1 heterocycles. The Hall–Kier alpha value is -0.506. The van der Waals surface area contributed by atoms with E-state index >= 15 is 0 Å². The van der Waals surface area contributed by atoms with Gasteiger partial charge < -0.3 is 19.7 Å². The summed E-state index contributed by atoms with van der Waals surface area (Å²) in [6.45, 7) is 4.24. The molecule has 6 heteroatoms. The molecule has 115 valence electrons. The van der Waals surface area contributed by atoms with Crippen molar-refractivity contribution in [3.63, 3.8) is 0 Å². The van der Waals surface area contributed by atoms with Gasteiger partial charge in [-0.15, -0.1) is 10.6 Å². The summed E-state index contributed by atoms with van der Waals surface area (Å²) in [7, 11) is 5.61. The summed E-state index contributed by atoms with van der Waals surface area (Å²) in [6, 6.07) is 3.38. The fourth-order valence-corrected chi connectivity index (χ4v) is 3.34. The SMILES string of the molecule is COC1=CCC(c2[pH]c(C)[c-]c2C)=C1OC.C[O-].C[O-].[Ti+3]. The third kappa shape index (κ3) is 5.65. The number of allylic oxidation sites excluding steroid dienone is 2. The number of methoxy groups -OCH3 is 2. The van der Waals surface area contributed by atoms with Crippen molar-refractivity contribution in [2.75, 3.05) is 28.4 Å². The van der Waals surface area contributed by atoms with Gasteiger partial charge in [0.05, 0.1) is 14.2 Å². The van der Waals surface area contributed by atoms with E-state index in [0.717, 1.165) is 40.4 Å². The first-order chi connectivity index (χ1) is 9.67. The average molecular weight is 345 g/mol. The molecule has 1 atom stereocenters. The Kier molecular flexibility index (Phi) is 13.1. The molecule has 21 heavy (non-hydrogen) atoms. The minimum absolute atomic E-state index is 0. The largest absolute Gasteiger partial charge is 3.00 e. The summed E-state index contributed by atoms with van der Waals surface area (Å²) in [5, 5.41) is 19.2. The Morgan fingerprint density at radius 1 is 1.10 bits per heavy atom. The molecule has 2 rings (SSSR count). The number of hydrogen-bond donors (Lipinski definition) is 0. The molecule has 1 aliphatic carbocycles. The number of rotatable bonds is 3. The summed E-state index contributed by atoms with van der Waals surface area (Å²) in [5.74, 6) is 1.74. The van der Waals surface area contributed by atoms with Gasteiger partial charge in [-0.2, -0.15) is 14.2 Å². The van der Waals surface area contributed by atoms with Gasteiger partial charge in [-0.1, -0.05) is 19.4 Å². The zero-order valence-corrected chi connectivity index (χ0v) is 16.0. The van der Waals surface area contributed by atoms with E-state index in [4.69, 9.17) is 19.7 Å². The van der Waals surface area contributed by atoms with Crippen LogP contribution in [0.5, 0.6) is 0 Å². The Morgan fingerprint density at radius 2 is 1.67 bits per heavy atom. The Bertz CT molecular complexity index is 478. The molecule has 0 amide bonds. The summed E-state index contributed by atoms with van der Waals surface area (Å²) >= 11 is 0. The molecular weight excluding hydrogens is 323 g/mol. The number of aryl methyl sites for hydroxylation is 2. The van der Waals surface area contributed by atoms with Gasteiger partial charge in [-0.3, -0.25) is 0 Å². The fraction of sp³-hybridized carbons (Fsp3) is 0.467. The van der Waals surface area contributed by atoms with Crippen LogP contribution in [-0.2, 0) is 31.2 Å². The molecule has 0 saturated carbocycles. The van der Waals surface area contributed by atoms with E-state index in [1.165, 1.54) is 21.7 Å². The Balaban J connectivity index is 0. The second-order valence-corrected chi connectivity index (χ2v) is 5.36. The maximum atomic E-state index is 8.25. The summed E-state index contributed by atoms with van der Waals surface area (Å²) in [4.78, 5) is 0. The topological polar surface area (TPSA) is 64.6 Å². The van der Waals surface area contributed by atoms with Gasteiger partial charge in [-0.05, 0) is 12.5 Å². The van der Waals surface area contributed by atoms with Crippen LogP contribution >= 0.6 is 8.19 Å². The van der Waals surface area contributed by atoms with E-state index in [1.54, 1.807) is 14.2 Å². The van der Waals surface area contributed by atoms with E-state index in [0.29, 0.717) is 0 Å².